The second-order valence-electron chi connectivity index (χ2n) is 5.80. The summed E-state index contributed by atoms with van der Waals surface area (Å²) in [5, 5.41) is 4.59. The molecule has 0 spiro atoms. The van der Waals surface area contributed by atoms with Crippen molar-refractivity contribution in [2.45, 2.75) is 44.6 Å². The fourth-order valence-corrected chi connectivity index (χ4v) is 2.96. The average molecular weight is 283 g/mol. The minimum Gasteiger partial charge on any atom is -0.399 e. The molecule has 3 rings (SSSR count). The van der Waals surface area contributed by atoms with Gasteiger partial charge in [0.1, 0.15) is 0 Å². The molecule has 0 aliphatic heterocycles. The first-order chi connectivity index (χ1) is 10.2. The van der Waals surface area contributed by atoms with Gasteiger partial charge in [-0.05, 0) is 43.2 Å². The topological polar surface area (TPSA) is 60.9 Å². The SMILES string of the molecule is Nc1ccc(C(=O)Cc2ccn(C3CCCCC3)n2)cc1. The molecular formula is C17H21N3O. The third kappa shape index (κ3) is 3.32. The van der Waals surface area contributed by atoms with Gasteiger partial charge in [-0.1, -0.05) is 19.3 Å². The first kappa shape index (κ1) is 13.9. The van der Waals surface area contributed by atoms with Crippen molar-refractivity contribution in [3.05, 3.63) is 47.8 Å². The number of aromatic nitrogens is 2. The summed E-state index contributed by atoms with van der Waals surface area (Å²) in [4.78, 5) is 12.2. The van der Waals surface area contributed by atoms with Gasteiger partial charge in [-0.15, -0.1) is 0 Å². The summed E-state index contributed by atoms with van der Waals surface area (Å²) in [7, 11) is 0. The Morgan fingerprint density at radius 2 is 1.86 bits per heavy atom. The molecule has 110 valence electrons. The van der Waals surface area contributed by atoms with E-state index in [-0.39, 0.29) is 5.78 Å². The Kier molecular flexibility index (Phi) is 4.04. The summed E-state index contributed by atoms with van der Waals surface area (Å²) in [5.41, 5.74) is 7.85. The van der Waals surface area contributed by atoms with Crippen molar-refractivity contribution in [2.75, 3.05) is 5.73 Å². The fourth-order valence-electron chi connectivity index (χ4n) is 2.96. The molecule has 1 aromatic heterocycles. The third-order valence-corrected chi connectivity index (χ3v) is 4.19. The largest absolute Gasteiger partial charge is 0.399 e. The van der Waals surface area contributed by atoms with Gasteiger partial charge >= 0.3 is 0 Å². The maximum absolute atomic E-state index is 12.2. The van der Waals surface area contributed by atoms with Crippen LogP contribution in [0.4, 0.5) is 5.69 Å². The molecule has 1 heterocycles. The van der Waals surface area contributed by atoms with Gasteiger partial charge in [0.15, 0.2) is 5.78 Å². The molecule has 1 fully saturated rings. The van der Waals surface area contributed by atoms with E-state index in [0.717, 1.165) is 5.69 Å². The molecular weight excluding hydrogens is 262 g/mol. The number of carbonyl (C=O) groups is 1. The predicted molar refractivity (Wildman–Crippen MR) is 83.2 cm³/mol. The predicted octanol–water partition coefficient (Wildman–Crippen LogP) is 3.40. The summed E-state index contributed by atoms with van der Waals surface area (Å²) in [6.45, 7) is 0. The Bertz CT molecular complexity index is 609. The van der Waals surface area contributed by atoms with Gasteiger partial charge in [-0.25, -0.2) is 0 Å². The number of carbonyl (C=O) groups excluding carboxylic acids is 1. The molecule has 0 bridgehead atoms. The maximum Gasteiger partial charge on any atom is 0.168 e. The van der Waals surface area contributed by atoms with Crippen molar-refractivity contribution in [3.63, 3.8) is 0 Å². The molecule has 4 nitrogen and oxygen atoms in total. The monoisotopic (exact) mass is 283 g/mol. The molecule has 1 aliphatic rings. The first-order valence-electron chi connectivity index (χ1n) is 7.65. The summed E-state index contributed by atoms with van der Waals surface area (Å²) in [6.07, 6.45) is 8.67. The fraction of sp³-hybridized carbons (Fsp3) is 0.412. The molecule has 21 heavy (non-hydrogen) atoms. The van der Waals surface area contributed by atoms with Gasteiger partial charge in [-0.2, -0.15) is 5.10 Å². The van der Waals surface area contributed by atoms with Crippen LogP contribution >= 0.6 is 0 Å². The van der Waals surface area contributed by atoms with Crippen molar-refractivity contribution in [3.8, 4) is 0 Å². The number of ketones is 1. The van der Waals surface area contributed by atoms with E-state index >= 15 is 0 Å². The summed E-state index contributed by atoms with van der Waals surface area (Å²) in [5.74, 6) is 0.0869. The molecule has 1 aromatic carbocycles. The lowest BCUT2D eigenvalue weighted by molar-refractivity contribution is 0.0991. The Balaban J connectivity index is 1.66. The maximum atomic E-state index is 12.2. The molecule has 1 saturated carbocycles. The minimum absolute atomic E-state index is 0.0869. The lowest BCUT2D eigenvalue weighted by atomic mass is 9.96. The molecule has 0 atom stereocenters. The summed E-state index contributed by atoms with van der Waals surface area (Å²) in [6, 6.07) is 9.54. The van der Waals surface area contributed by atoms with E-state index in [1.807, 2.05) is 16.9 Å². The summed E-state index contributed by atoms with van der Waals surface area (Å²) >= 11 is 0. The van der Waals surface area contributed by atoms with E-state index in [2.05, 4.69) is 5.10 Å². The standard InChI is InChI=1S/C17H21N3O/c18-14-8-6-13(7-9-14)17(21)12-15-10-11-20(19-15)16-4-2-1-3-5-16/h6-11,16H,1-5,12,18H2. The Morgan fingerprint density at radius 3 is 2.57 bits per heavy atom. The van der Waals surface area contributed by atoms with Crippen molar-refractivity contribution in [2.24, 2.45) is 0 Å². The zero-order valence-corrected chi connectivity index (χ0v) is 12.2. The minimum atomic E-state index is 0.0869. The van der Waals surface area contributed by atoms with Crippen LogP contribution in [-0.4, -0.2) is 15.6 Å². The molecule has 2 N–H and O–H groups in total. The van der Waals surface area contributed by atoms with Gasteiger partial charge in [0.05, 0.1) is 18.2 Å². The van der Waals surface area contributed by atoms with E-state index in [4.69, 9.17) is 5.73 Å². The number of rotatable bonds is 4. The molecule has 0 saturated heterocycles. The van der Waals surface area contributed by atoms with Gasteiger partial charge in [0.2, 0.25) is 0 Å². The lowest BCUT2D eigenvalue weighted by Gasteiger charge is -2.21. The highest BCUT2D eigenvalue weighted by molar-refractivity contribution is 5.97. The van der Waals surface area contributed by atoms with Crippen molar-refractivity contribution >= 4 is 11.5 Å². The summed E-state index contributed by atoms with van der Waals surface area (Å²) < 4.78 is 2.05. The Labute approximate surface area is 125 Å². The highest BCUT2D eigenvalue weighted by atomic mass is 16.1. The number of hydrogen-bond acceptors (Lipinski definition) is 3. The highest BCUT2D eigenvalue weighted by Gasteiger charge is 2.17. The van der Waals surface area contributed by atoms with Crippen LogP contribution in [0, 0.1) is 0 Å². The van der Waals surface area contributed by atoms with Crippen LogP contribution in [0.25, 0.3) is 0 Å². The zero-order valence-electron chi connectivity index (χ0n) is 12.2. The first-order valence-corrected chi connectivity index (χ1v) is 7.65. The van der Waals surface area contributed by atoms with E-state index in [9.17, 15) is 4.79 Å². The average Bonchev–Trinajstić information content (AvgIpc) is 2.97. The van der Waals surface area contributed by atoms with E-state index in [1.54, 1.807) is 24.3 Å². The number of Topliss-reactive ketones (excluding diaryl/α,β-unsaturated/α-hetero) is 1. The molecule has 4 heteroatoms. The quantitative estimate of drug-likeness (QED) is 0.691. The number of anilines is 1. The van der Waals surface area contributed by atoms with Crippen molar-refractivity contribution < 1.29 is 4.79 Å². The lowest BCUT2D eigenvalue weighted by Crippen LogP contribution is -2.14. The number of nitrogen functional groups attached to an aromatic ring is 1. The molecule has 2 aromatic rings. The Morgan fingerprint density at radius 1 is 1.14 bits per heavy atom. The second-order valence-corrected chi connectivity index (χ2v) is 5.80. The smallest absolute Gasteiger partial charge is 0.168 e. The number of benzene rings is 1. The van der Waals surface area contributed by atoms with E-state index < -0.39 is 0 Å². The molecule has 0 unspecified atom stereocenters. The van der Waals surface area contributed by atoms with Crippen LogP contribution in [0.15, 0.2) is 36.5 Å². The molecule has 0 radical (unpaired) electrons. The highest BCUT2D eigenvalue weighted by Crippen LogP contribution is 2.27. The van der Waals surface area contributed by atoms with Crippen molar-refractivity contribution in [1.29, 1.82) is 0 Å². The number of nitrogens with two attached hydrogens (primary N) is 1. The van der Waals surface area contributed by atoms with Crippen LogP contribution < -0.4 is 5.73 Å². The van der Waals surface area contributed by atoms with Gasteiger partial charge < -0.3 is 5.73 Å². The number of hydrogen-bond donors (Lipinski definition) is 1. The van der Waals surface area contributed by atoms with Crippen LogP contribution in [0.2, 0.25) is 0 Å². The number of nitrogens with zero attached hydrogens (tertiary/aromatic N) is 2. The Hall–Kier alpha value is -2.10. The van der Waals surface area contributed by atoms with Crippen molar-refractivity contribution in [1.82, 2.24) is 9.78 Å². The third-order valence-electron chi connectivity index (χ3n) is 4.19. The normalized spacial score (nSPS) is 16.0. The van der Waals surface area contributed by atoms with Gasteiger partial charge in [0, 0.05) is 17.4 Å². The van der Waals surface area contributed by atoms with E-state index in [1.165, 1.54) is 32.1 Å². The zero-order chi connectivity index (χ0) is 14.7. The van der Waals surface area contributed by atoms with E-state index in [0.29, 0.717) is 23.7 Å². The van der Waals surface area contributed by atoms with Gasteiger partial charge in [-0.3, -0.25) is 9.48 Å². The molecule has 1 aliphatic carbocycles. The second kappa shape index (κ2) is 6.12. The van der Waals surface area contributed by atoms with Crippen LogP contribution in [0.5, 0.6) is 0 Å². The van der Waals surface area contributed by atoms with Crippen LogP contribution in [0.1, 0.15) is 54.2 Å². The van der Waals surface area contributed by atoms with Crippen LogP contribution in [-0.2, 0) is 6.42 Å². The van der Waals surface area contributed by atoms with Crippen LogP contribution in [0.3, 0.4) is 0 Å². The molecule has 0 amide bonds. The van der Waals surface area contributed by atoms with Gasteiger partial charge in [0.25, 0.3) is 0 Å².